The van der Waals surface area contributed by atoms with Crippen molar-refractivity contribution in [3.8, 4) is 22.2 Å². The fourth-order valence-electron chi connectivity index (χ4n) is 2.38. The van der Waals surface area contributed by atoms with Crippen molar-refractivity contribution in [2.75, 3.05) is 0 Å². The first-order valence-electron chi connectivity index (χ1n) is 7.61. The van der Waals surface area contributed by atoms with E-state index in [0.717, 1.165) is 27.2 Å². The number of hydrogen-bond acceptors (Lipinski definition) is 8. The molecule has 25 heavy (non-hydrogen) atoms. The number of furan rings is 1. The Labute approximate surface area is 152 Å². The zero-order chi connectivity index (χ0) is 17.4. The normalized spacial score (nSPS) is 12.6. The highest BCUT2D eigenvalue weighted by molar-refractivity contribution is 7.99. The van der Waals surface area contributed by atoms with Crippen molar-refractivity contribution in [2.45, 2.75) is 24.3 Å². The minimum Gasteiger partial charge on any atom is -0.469 e. The summed E-state index contributed by atoms with van der Waals surface area (Å²) in [7, 11) is 1.93. The van der Waals surface area contributed by atoms with Crippen molar-refractivity contribution in [2.24, 2.45) is 7.05 Å². The molecular weight excluding hydrogens is 358 g/mol. The van der Waals surface area contributed by atoms with E-state index in [9.17, 15) is 0 Å². The molecule has 0 N–H and O–H groups in total. The van der Waals surface area contributed by atoms with Crippen LogP contribution < -0.4 is 0 Å². The van der Waals surface area contributed by atoms with Crippen molar-refractivity contribution in [1.29, 1.82) is 0 Å². The van der Waals surface area contributed by atoms with Gasteiger partial charge in [0.1, 0.15) is 5.76 Å². The first-order valence-corrected chi connectivity index (χ1v) is 9.37. The van der Waals surface area contributed by atoms with Gasteiger partial charge in [0.05, 0.1) is 22.0 Å². The lowest BCUT2D eigenvalue weighted by atomic mass is 10.2. The van der Waals surface area contributed by atoms with Gasteiger partial charge in [0, 0.05) is 7.05 Å². The summed E-state index contributed by atoms with van der Waals surface area (Å²) in [6.07, 6.45) is 1.65. The van der Waals surface area contributed by atoms with Gasteiger partial charge >= 0.3 is 0 Å². The lowest BCUT2D eigenvalue weighted by Crippen LogP contribution is -1.97. The molecule has 128 valence electrons. The average Bonchev–Trinajstić information content (AvgIpc) is 3.35. The van der Waals surface area contributed by atoms with Crippen LogP contribution >= 0.6 is 23.1 Å². The molecule has 0 bridgehead atoms. The van der Waals surface area contributed by atoms with Crippen LogP contribution in [-0.4, -0.2) is 25.0 Å². The number of thioether (sulfide) groups is 1. The molecule has 0 radical (unpaired) electrons. The molecule has 7 nitrogen and oxygen atoms in total. The Kier molecular flexibility index (Phi) is 4.18. The standard InChI is InChI=1S/C16H15N5O2S2/c1-9-11(6-7-22-9)13-17-20-16(21(13)3)25-10(2)14-18-19-15(23-14)12-5-4-8-24-12/h4-8,10H,1-3H3/t10-/m1/s1. The van der Waals surface area contributed by atoms with Crippen LogP contribution in [0.4, 0.5) is 0 Å². The SMILES string of the molecule is Cc1occc1-c1nnc(S[C@H](C)c2nnc(-c3cccs3)o2)n1C. The predicted molar refractivity (Wildman–Crippen MR) is 95.3 cm³/mol. The van der Waals surface area contributed by atoms with Gasteiger partial charge in [-0.1, -0.05) is 17.8 Å². The number of aromatic nitrogens is 5. The molecule has 0 unspecified atom stereocenters. The van der Waals surface area contributed by atoms with Gasteiger partial charge in [0.2, 0.25) is 5.89 Å². The van der Waals surface area contributed by atoms with Crippen LogP contribution in [0, 0.1) is 6.92 Å². The lowest BCUT2D eigenvalue weighted by Gasteiger charge is -2.06. The number of hydrogen-bond donors (Lipinski definition) is 0. The summed E-state index contributed by atoms with van der Waals surface area (Å²) in [6.45, 7) is 3.91. The van der Waals surface area contributed by atoms with Crippen LogP contribution in [-0.2, 0) is 7.05 Å². The Morgan fingerprint density at radius 2 is 2.08 bits per heavy atom. The van der Waals surface area contributed by atoms with Gasteiger partial charge in [-0.3, -0.25) is 0 Å². The fourth-order valence-corrected chi connectivity index (χ4v) is 3.87. The fraction of sp³-hybridized carbons (Fsp3) is 0.250. The van der Waals surface area contributed by atoms with E-state index in [-0.39, 0.29) is 5.25 Å². The van der Waals surface area contributed by atoms with E-state index >= 15 is 0 Å². The predicted octanol–water partition coefficient (Wildman–Crippen LogP) is 4.35. The van der Waals surface area contributed by atoms with Crippen LogP contribution in [0.15, 0.2) is 43.8 Å². The zero-order valence-corrected chi connectivity index (χ0v) is 15.5. The molecule has 0 saturated carbocycles. The second kappa shape index (κ2) is 6.49. The molecule has 0 spiro atoms. The van der Waals surface area contributed by atoms with E-state index in [2.05, 4.69) is 20.4 Å². The minimum absolute atomic E-state index is 0.0394. The number of aryl methyl sites for hydroxylation is 1. The summed E-state index contributed by atoms with van der Waals surface area (Å²) in [6, 6.07) is 5.81. The van der Waals surface area contributed by atoms with E-state index in [1.807, 2.05) is 49.0 Å². The molecule has 0 saturated heterocycles. The molecule has 0 amide bonds. The van der Waals surface area contributed by atoms with Gasteiger partial charge in [-0.05, 0) is 31.4 Å². The average molecular weight is 373 g/mol. The second-order valence-electron chi connectivity index (χ2n) is 5.44. The number of nitrogens with zero attached hydrogens (tertiary/aromatic N) is 5. The largest absolute Gasteiger partial charge is 0.469 e. The van der Waals surface area contributed by atoms with E-state index in [1.165, 1.54) is 11.8 Å². The van der Waals surface area contributed by atoms with Crippen molar-refractivity contribution in [3.05, 3.63) is 41.5 Å². The topological polar surface area (TPSA) is 82.8 Å². The zero-order valence-electron chi connectivity index (χ0n) is 13.8. The Morgan fingerprint density at radius 1 is 1.20 bits per heavy atom. The Morgan fingerprint density at radius 3 is 2.80 bits per heavy atom. The molecule has 4 aromatic heterocycles. The van der Waals surface area contributed by atoms with Gasteiger partial charge in [-0.2, -0.15) is 0 Å². The molecule has 0 aliphatic carbocycles. The maximum atomic E-state index is 5.79. The molecule has 0 aromatic carbocycles. The third-order valence-electron chi connectivity index (χ3n) is 3.74. The van der Waals surface area contributed by atoms with Crippen LogP contribution in [0.5, 0.6) is 0 Å². The summed E-state index contributed by atoms with van der Waals surface area (Å²) in [5.74, 6) is 2.70. The van der Waals surface area contributed by atoms with E-state index in [0.29, 0.717) is 11.8 Å². The molecule has 1 atom stereocenters. The van der Waals surface area contributed by atoms with Crippen LogP contribution in [0.1, 0.15) is 23.8 Å². The first-order chi connectivity index (χ1) is 12.1. The molecule has 4 aromatic rings. The summed E-state index contributed by atoms with van der Waals surface area (Å²) in [4.78, 5) is 0.965. The molecule has 0 fully saturated rings. The monoisotopic (exact) mass is 373 g/mol. The third kappa shape index (κ3) is 3.00. The summed E-state index contributed by atoms with van der Waals surface area (Å²) in [5.41, 5.74) is 0.937. The molecular formula is C16H15N5O2S2. The quantitative estimate of drug-likeness (QED) is 0.481. The molecule has 4 rings (SSSR count). The highest BCUT2D eigenvalue weighted by Crippen LogP contribution is 2.36. The second-order valence-corrected chi connectivity index (χ2v) is 7.69. The maximum absolute atomic E-state index is 5.79. The molecule has 4 heterocycles. The van der Waals surface area contributed by atoms with Crippen LogP contribution in [0.3, 0.4) is 0 Å². The number of rotatable bonds is 5. The maximum Gasteiger partial charge on any atom is 0.257 e. The van der Waals surface area contributed by atoms with Gasteiger partial charge in [0.15, 0.2) is 11.0 Å². The van der Waals surface area contributed by atoms with E-state index < -0.39 is 0 Å². The van der Waals surface area contributed by atoms with E-state index in [1.54, 1.807) is 17.6 Å². The summed E-state index contributed by atoms with van der Waals surface area (Å²) < 4.78 is 13.1. The van der Waals surface area contributed by atoms with E-state index in [4.69, 9.17) is 8.83 Å². The molecule has 0 aliphatic rings. The van der Waals surface area contributed by atoms with Crippen molar-refractivity contribution >= 4 is 23.1 Å². The lowest BCUT2D eigenvalue weighted by molar-refractivity contribution is 0.509. The van der Waals surface area contributed by atoms with Crippen molar-refractivity contribution in [1.82, 2.24) is 25.0 Å². The third-order valence-corrected chi connectivity index (χ3v) is 5.72. The minimum atomic E-state index is -0.0394. The van der Waals surface area contributed by atoms with Crippen molar-refractivity contribution < 1.29 is 8.83 Å². The van der Waals surface area contributed by atoms with Gasteiger partial charge in [-0.15, -0.1) is 31.7 Å². The molecule has 9 heteroatoms. The highest BCUT2D eigenvalue weighted by Gasteiger charge is 2.21. The Bertz CT molecular complexity index is 986. The van der Waals surface area contributed by atoms with Gasteiger partial charge in [0.25, 0.3) is 5.89 Å². The number of thiophene rings is 1. The summed E-state index contributed by atoms with van der Waals surface area (Å²) >= 11 is 3.10. The van der Waals surface area contributed by atoms with Gasteiger partial charge in [-0.25, -0.2) is 0 Å². The van der Waals surface area contributed by atoms with Gasteiger partial charge < -0.3 is 13.4 Å². The Hall–Kier alpha value is -2.39. The van der Waals surface area contributed by atoms with Crippen LogP contribution in [0.2, 0.25) is 0 Å². The smallest absolute Gasteiger partial charge is 0.257 e. The van der Waals surface area contributed by atoms with Crippen molar-refractivity contribution in [3.63, 3.8) is 0 Å². The first kappa shape index (κ1) is 16.1. The highest BCUT2D eigenvalue weighted by atomic mass is 32.2. The van der Waals surface area contributed by atoms with Crippen LogP contribution in [0.25, 0.3) is 22.2 Å². The molecule has 0 aliphatic heterocycles. The summed E-state index contributed by atoms with van der Waals surface area (Å²) in [5, 5.41) is 19.6. The Balaban J connectivity index is 1.55.